The average molecular weight is 285 g/mol. The third kappa shape index (κ3) is 1.96. The molecule has 3 nitrogen and oxygen atoms in total. The van der Waals surface area contributed by atoms with Crippen LogP contribution in [-0.2, 0) is 16.4 Å². The molecule has 4 heteroatoms. The van der Waals surface area contributed by atoms with Crippen LogP contribution < -0.4 is 4.72 Å². The molecule has 4 rings (SSSR count). The van der Waals surface area contributed by atoms with Crippen molar-refractivity contribution in [3.63, 3.8) is 0 Å². The number of sulfonamides is 1. The van der Waals surface area contributed by atoms with Crippen molar-refractivity contribution in [1.82, 2.24) is 4.72 Å². The van der Waals surface area contributed by atoms with Crippen LogP contribution in [0.4, 0.5) is 0 Å². The molecule has 2 aliphatic rings. The minimum Gasteiger partial charge on any atom is -0.208 e. The molecule has 1 fully saturated rings. The fourth-order valence-electron chi connectivity index (χ4n) is 2.76. The van der Waals surface area contributed by atoms with Crippen LogP contribution >= 0.6 is 0 Å². The van der Waals surface area contributed by atoms with Gasteiger partial charge in [-0.2, -0.15) is 0 Å². The summed E-state index contributed by atoms with van der Waals surface area (Å²) in [4.78, 5) is 0.375. The summed E-state index contributed by atoms with van der Waals surface area (Å²) >= 11 is 0. The lowest BCUT2D eigenvalue weighted by Crippen LogP contribution is -2.25. The Labute approximate surface area is 118 Å². The Kier molecular flexibility index (Phi) is 2.53. The lowest BCUT2D eigenvalue weighted by molar-refractivity contribution is 0.581. The summed E-state index contributed by atoms with van der Waals surface area (Å²) in [6.45, 7) is 0. The summed E-state index contributed by atoms with van der Waals surface area (Å²) < 4.78 is 27.3. The zero-order valence-electron chi connectivity index (χ0n) is 11.0. The molecule has 0 saturated heterocycles. The molecule has 0 aromatic heterocycles. The van der Waals surface area contributed by atoms with Crippen LogP contribution in [0.2, 0.25) is 0 Å². The van der Waals surface area contributed by atoms with Gasteiger partial charge in [0.15, 0.2) is 0 Å². The molecule has 0 spiro atoms. The quantitative estimate of drug-likeness (QED) is 0.804. The van der Waals surface area contributed by atoms with Crippen molar-refractivity contribution in [3.05, 3.63) is 53.6 Å². The van der Waals surface area contributed by atoms with Crippen LogP contribution in [0.15, 0.2) is 47.4 Å². The Balaban J connectivity index is 1.79. The van der Waals surface area contributed by atoms with E-state index >= 15 is 0 Å². The maximum absolute atomic E-state index is 12.3. The molecule has 0 atom stereocenters. The Morgan fingerprint density at radius 3 is 2.50 bits per heavy atom. The van der Waals surface area contributed by atoms with Gasteiger partial charge in [0.2, 0.25) is 10.0 Å². The largest absolute Gasteiger partial charge is 0.240 e. The molecule has 102 valence electrons. The van der Waals surface area contributed by atoms with E-state index in [1.807, 2.05) is 24.3 Å². The summed E-state index contributed by atoms with van der Waals surface area (Å²) in [6, 6.07) is 13.8. The Bertz CT molecular complexity index is 792. The van der Waals surface area contributed by atoms with Gasteiger partial charge < -0.3 is 0 Å². The number of fused-ring (bicyclic) bond motifs is 3. The van der Waals surface area contributed by atoms with Gasteiger partial charge in [-0.1, -0.05) is 30.3 Å². The maximum Gasteiger partial charge on any atom is 0.240 e. The number of nitrogens with one attached hydrogen (secondary N) is 1. The van der Waals surface area contributed by atoms with Gasteiger partial charge in [-0.3, -0.25) is 0 Å². The van der Waals surface area contributed by atoms with E-state index < -0.39 is 10.0 Å². The van der Waals surface area contributed by atoms with Crippen LogP contribution in [0, 0.1) is 0 Å². The Morgan fingerprint density at radius 1 is 0.950 bits per heavy atom. The standard InChI is InChI=1S/C16H15NO2S/c18-20(19,17-13-6-7-13)14-8-5-12-9-11-3-1-2-4-15(11)16(12)10-14/h1-5,8,10,13,17H,6-7,9H2. The second kappa shape index (κ2) is 4.17. The van der Waals surface area contributed by atoms with Gasteiger partial charge in [0.25, 0.3) is 0 Å². The first-order valence-corrected chi connectivity index (χ1v) is 8.35. The average Bonchev–Trinajstić information content (AvgIpc) is 3.16. The SMILES string of the molecule is O=S(=O)(NC1CC1)c1ccc2c(c1)-c1ccccc1C2. The molecule has 1 N–H and O–H groups in total. The fourth-order valence-corrected chi connectivity index (χ4v) is 4.09. The van der Waals surface area contributed by atoms with Crippen molar-refractivity contribution in [2.45, 2.75) is 30.2 Å². The summed E-state index contributed by atoms with van der Waals surface area (Å²) in [5.74, 6) is 0. The first kappa shape index (κ1) is 12.1. The summed E-state index contributed by atoms with van der Waals surface area (Å²) in [6.07, 6.45) is 2.79. The van der Waals surface area contributed by atoms with E-state index in [9.17, 15) is 8.42 Å². The van der Waals surface area contributed by atoms with Crippen LogP contribution in [0.3, 0.4) is 0 Å². The van der Waals surface area contributed by atoms with Gasteiger partial charge in [0.1, 0.15) is 0 Å². The molecule has 2 aromatic carbocycles. The second-order valence-corrected chi connectivity index (χ2v) is 7.26. The predicted molar refractivity (Wildman–Crippen MR) is 78.0 cm³/mol. The van der Waals surface area contributed by atoms with E-state index in [0.29, 0.717) is 4.90 Å². The van der Waals surface area contributed by atoms with Gasteiger partial charge in [0.05, 0.1) is 4.90 Å². The molecule has 2 aliphatic carbocycles. The van der Waals surface area contributed by atoms with Crippen LogP contribution in [0.25, 0.3) is 11.1 Å². The molecule has 0 amide bonds. The molecular formula is C16H15NO2S. The van der Waals surface area contributed by atoms with Crippen LogP contribution in [0.5, 0.6) is 0 Å². The van der Waals surface area contributed by atoms with Crippen molar-refractivity contribution in [2.75, 3.05) is 0 Å². The number of hydrogen-bond donors (Lipinski definition) is 1. The maximum atomic E-state index is 12.3. The number of benzene rings is 2. The van der Waals surface area contributed by atoms with E-state index in [-0.39, 0.29) is 6.04 Å². The van der Waals surface area contributed by atoms with E-state index in [1.165, 1.54) is 11.1 Å². The highest BCUT2D eigenvalue weighted by Crippen LogP contribution is 2.37. The van der Waals surface area contributed by atoms with E-state index in [0.717, 1.165) is 30.4 Å². The summed E-state index contributed by atoms with van der Waals surface area (Å²) in [5, 5.41) is 0. The zero-order valence-corrected chi connectivity index (χ0v) is 11.8. The third-order valence-corrected chi connectivity index (χ3v) is 5.50. The van der Waals surface area contributed by atoms with Gasteiger partial charge >= 0.3 is 0 Å². The minimum atomic E-state index is -3.37. The highest BCUT2D eigenvalue weighted by atomic mass is 32.2. The monoisotopic (exact) mass is 285 g/mol. The topological polar surface area (TPSA) is 46.2 Å². The fraction of sp³-hybridized carbons (Fsp3) is 0.250. The van der Waals surface area contributed by atoms with Crippen LogP contribution in [-0.4, -0.2) is 14.5 Å². The molecule has 20 heavy (non-hydrogen) atoms. The number of rotatable bonds is 3. The van der Waals surface area contributed by atoms with Gasteiger partial charge in [0, 0.05) is 6.04 Å². The predicted octanol–water partition coefficient (Wildman–Crippen LogP) is 2.70. The lowest BCUT2D eigenvalue weighted by Gasteiger charge is -2.08. The van der Waals surface area contributed by atoms with Gasteiger partial charge in [-0.15, -0.1) is 0 Å². The van der Waals surface area contributed by atoms with E-state index in [2.05, 4.69) is 16.9 Å². The summed E-state index contributed by atoms with van der Waals surface area (Å²) in [7, 11) is -3.37. The molecule has 1 saturated carbocycles. The molecule has 0 bridgehead atoms. The second-order valence-electron chi connectivity index (χ2n) is 5.55. The Hall–Kier alpha value is -1.65. The van der Waals surface area contributed by atoms with Crippen molar-refractivity contribution >= 4 is 10.0 Å². The molecule has 0 heterocycles. The number of hydrogen-bond acceptors (Lipinski definition) is 2. The van der Waals surface area contributed by atoms with Crippen LogP contribution in [0.1, 0.15) is 24.0 Å². The summed E-state index contributed by atoms with van der Waals surface area (Å²) in [5.41, 5.74) is 4.69. The third-order valence-electron chi connectivity index (χ3n) is 3.98. The zero-order chi connectivity index (χ0) is 13.7. The molecule has 0 radical (unpaired) electrons. The minimum absolute atomic E-state index is 0.139. The molecule has 0 unspecified atom stereocenters. The van der Waals surface area contributed by atoms with Crippen molar-refractivity contribution in [1.29, 1.82) is 0 Å². The van der Waals surface area contributed by atoms with E-state index in [4.69, 9.17) is 0 Å². The normalized spacial score (nSPS) is 16.8. The molecule has 0 aliphatic heterocycles. The van der Waals surface area contributed by atoms with Crippen molar-refractivity contribution < 1.29 is 8.42 Å². The van der Waals surface area contributed by atoms with E-state index in [1.54, 1.807) is 6.07 Å². The molecule has 2 aromatic rings. The molecular weight excluding hydrogens is 270 g/mol. The van der Waals surface area contributed by atoms with Gasteiger partial charge in [-0.25, -0.2) is 13.1 Å². The highest BCUT2D eigenvalue weighted by molar-refractivity contribution is 7.89. The van der Waals surface area contributed by atoms with Crippen molar-refractivity contribution in [2.24, 2.45) is 0 Å². The lowest BCUT2D eigenvalue weighted by atomic mass is 10.1. The smallest absolute Gasteiger partial charge is 0.208 e. The first-order valence-electron chi connectivity index (χ1n) is 6.87. The van der Waals surface area contributed by atoms with Crippen molar-refractivity contribution in [3.8, 4) is 11.1 Å². The van der Waals surface area contributed by atoms with Gasteiger partial charge in [-0.05, 0) is 53.6 Å². The Morgan fingerprint density at radius 2 is 1.70 bits per heavy atom. The first-order chi connectivity index (χ1) is 9.63. The highest BCUT2D eigenvalue weighted by Gasteiger charge is 2.29.